The zero-order valence-electron chi connectivity index (χ0n) is 15.5. The van der Waals surface area contributed by atoms with E-state index in [-0.39, 0.29) is 0 Å². The quantitative estimate of drug-likeness (QED) is 0.409. The molecule has 144 valence electrons. The van der Waals surface area contributed by atoms with E-state index in [9.17, 15) is 0 Å². The number of anilines is 2. The molecule has 0 fully saturated rings. The fraction of sp³-hybridized carbons (Fsp3) is 0.0870. The molecule has 4 rings (SSSR count). The van der Waals surface area contributed by atoms with Crippen LogP contribution in [-0.2, 0) is 12.8 Å². The predicted molar refractivity (Wildman–Crippen MR) is 118 cm³/mol. The van der Waals surface area contributed by atoms with E-state index >= 15 is 0 Å². The molecule has 0 atom stereocenters. The molecule has 0 unspecified atom stereocenters. The Labute approximate surface area is 179 Å². The third-order valence-corrected chi connectivity index (χ3v) is 4.73. The molecule has 0 radical (unpaired) electrons. The van der Waals surface area contributed by atoms with Crippen molar-refractivity contribution in [3.8, 4) is 0 Å². The van der Waals surface area contributed by atoms with Crippen LogP contribution in [0.1, 0.15) is 22.8 Å². The molecule has 29 heavy (non-hydrogen) atoms. The van der Waals surface area contributed by atoms with Crippen LogP contribution in [0.5, 0.6) is 0 Å². The average Bonchev–Trinajstić information content (AvgIpc) is 2.69. The van der Waals surface area contributed by atoms with Crippen molar-refractivity contribution in [2.45, 2.75) is 12.8 Å². The van der Waals surface area contributed by atoms with Gasteiger partial charge in [0.2, 0.25) is 5.95 Å². The molecule has 0 aliphatic heterocycles. The molecule has 4 aromatic rings. The lowest BCUT2D eigenvalue weighted by atomic mass is 10.1. The molecule has 0 amide bonds. The molecular formula is C23H18Cl2N4. The maximum absolute atomic E-state index is 6.13. The molecule has 0 bridgehead atoms. The largest absolute Gasteiger partial charge is 0.324 e. The molecule has 0 aliphatic carbocycles. The van der Waals surface area contributed by atoms with Gasteiger partial charge in [0.25, 0.3) is 0 Å². The summed E-state index contributed by atoms with van der Waals surface area (Å²) in [5, 5.41) is 4.65. The van der Waals surface area contributed by atoms with Crippen LogP contribution in [0.15, 0.2) is 78.9 Å². The summed E-state index contributed by atoms with van der Waals surface area (Å²) >= 11 is 12.3. The Kier molecular flexibility index (Phi) is 6.03. The molecule has 6 heteroatoms. The van der Waals surface area contributed by atoms with Crippen molar-refractivity contribution in [2.24, 2.45) is 0 Å². The zero-order chi connectivity index (χ0) is 20.1. The maximum Gasteiger partial charge on any atom is 0.230 e. The van der Waals surface area contributed by atoms with Crippen LogP contribution in [0.25, 0.3) is 0 Å². The van der Waals surface area contributed by atoms with Crippen molar-refractivity contribution in [1.29, 1.82) is 0 Å². The number of nitrogens with one attached hydrogen (secondary N) is 1. The van der Waals surface area contributed by atoms with Crippen LogP contribution < -0.4 is 5.32 Å². The van der Waals surface area contributed by atoms with Gasteiger partial charge in [-0.15, -0.1) is 0 Å². The molecule has 0 saturated carbocycles. The third-order valence-electron chi connectivity index (χ3n) is 4.26. The van der Waals surface area contributed by atoms with Crippen LogP contribution in [0.2, 0.25) is 10.0 Å². The van der Waals surface area contributed by atoms with E-state index in [0.29, 0.717) is 40.5 Å². The highest BCUT2D eigenvalue weighted by Crippen LogP contribution is 2.18. The number of aromatic nitrogens is 3. The SMILES string of the molecule is Clc1cccc(Cc2nc(Cc3cccc(Cl)c3)nc(Nc3ccccc3)n2)c1. The highest BCUT2D eigenvalue weighted by molar-refractivity contribution is 6.30. The Hall–Kier alpha value is -2.95. The van der Waals surface area contributed by atoms with Crippen molar-refractivity contribution in [3.63, 3.8) is 0 Å². The predicted octanol–water partition coefficient (Wildman–Crippen LogP) is 6.10. The first kappa shape index (κ1) is 19.4. The Morgan fingerprint density at radius 3 is 1.69 bits per heavy atom. The van der Waals surface area contributed by atoms with Crippen LogP contribution in [-0.4, -0.2) is 15.0 Å². The fourth-order valence-electron chi connectivity index (χ4n) is 2.99. The number of nitrogens with zero attached hydrogens (tertiary/aromatic N) is 3. The first-order valence-electron chi connectivity index (χ1n) is 9.19. The second kappa shape index (κ2) is 9.03. The summed E-state index contributed by atoms with van der Waals surface area (Å²) in [6.07, 6.45) is 1.13. The van der Waals surface area contributed by atoms with Gasteiger partial charge >= 0.3 is 0 Å². The molecule has 0 saturated heterocycles. The van der Waals surface area contributed by atoms with Gasteiger partial charge < -0.3 is 5.32 Å². The Morgan fingerprint density at radius 2 is 1.17 bits per heavy atom. The van der Waals surface area contributed by atoms with E-state index in [1.165, 1.54) is 0 Å². The summed E-state index contributed by atoms with van der Waals surface area (Å²) in [6, 6.07) is 25.3. The van der Waals surface area contributed by atoms with E-state index in [1.54, 1.807) is 0 Å². The van der Waals surface area contributed by atoms with Crippen LogP contribution in [0, 0.1) is 0 Å². The van der Waals surface area contributed by atoms with E-state index in [2.05, 4.69) is 20.3 Å². The standard InChI is InChI=1S/C23H18Cl2N4/c24-18-8-4-6-16(12-18)14-21-27-22(15-17-7-5-9-19(25)13-17)29-23(28-21)26-20-10-2-1-3-11-20/h1-13H,14-15H2,(H,26,27,28,29). The molecule has 4 nitrogen and oxygen atoms in total. The van der Waals surface area contributed by atoms with Crippen molar-refractivity contribution in [2.75, 3.05) is 5.32 Å². The average molecular weight is 421 g/mol. The highest BCUT2D eigenvalue weighted by atomic mass is 35.5. The van der Waals surface area contributed by atoms with Gasteiger partial charge in [0.05, 0.1) is 0 Å². The lowest BCUT2D eigenvalue weighted by molar-refractivity contribution is 0.856. The maximum atomic E-state index is 6.13. The molecule has 1 N–H and O–H groups in total. The Bertz CT molecular complexity index is 1050. The number of rotatable bonds is 6. The minimum Gasteiger partial charge on any atom is -0.324 e. The molecule has 3 aromatic carbocycles. The number of hydrogen-bond acceptors (Lipinski definition) is 4. The molecular weight excluding hydrogens is 403 g/mol. The van der Waals surface area contributed by atoms with E-state index in [1.807, 2.05) is 78.9 Å². The second-order valence-corrected chi connectivity index (χ2v) is 7.47. The van der Waals surface area contributed by atoms with E-state index < -0.39 is 0 Å². The van der Waals surface area contributed by atoms with Gasteiger partial charge in [-0.3, -0.25) is 0 Å². The summed E-state index contributed by atoms with van der Waals surface area (Å²) in [5.74, 6) is 1.87. The van der Waals surface area contributed by atoms with Gasteiger partial charge in [-0.1, -0.05) is 65.7 Å². The third kappa shape index (κ3) is 5.53. The van der Waals surface area contributed by atoms with Gasteiger partial charge in [0.15, 0.2) is 0 Å². The summed E-state index contributed by atoms with van der Waals surface area (Å²) in [4.78, 5) is 13.9. The Balaban J connectivity index is 1.66. The topological polar surface area (TPSA) is 50.7 Å². The van der Waals surface area contributed by atoms with Gasteiger partial charge in [0.1, 0.15) is 11.6 Å². The summed E-state index contributed by atoms with van der Waals surface area (Å²) in [7, 11) is 0. The fourth-order valence-corrected chi connectivity index (χ4v) is 3.42. The van der Waals surface area contributed by atoms with Crippen molar-refractivity contribution < 1.29 is 0 Å². The number of benzene rings is 3. The van der Waals surface area contributed by atoms with Crippen LogP contribution in [0.4, 0.5) is 11.6 Å². The lowest BCUT2D eigenvalue weighted by Crippen LogP contribution is -2.08. The van der Waals surface area contributed by atoms with Crippen LogP contribution in [0.3, 0.4) is 0 Å². The minimum atomic E-state index is 0.514. The van der Waals surface area contributed by atoms with Gasteiger partial charge in [-0.05, 0) is 47.5 Å². The van der Waals surface area contributed by atoms with Crippen molar-refractivity contribution >= 4 is 34.8 Å². The van der Waals surface area contributed by atoms with Crippen LogP contribution >= 0.6 is 23.2 Å². The van der Waals surface area contributed by atoms with Gasteiger partial charge in [-0.25, -0.2) is 4.98 Å². The summed E-state index contributed by atoms with van der Waals surface area (Å²) in [6.45, 7) is 0. The first-order valence-corrected chi connectivity index (χ1v) is 9.94. The minimum absolute atomic E-state index is 0.514. The lowest BCUT2D eigenvalue weighted by Gasteiger charge is -2.10. The second-order valence-electron chi connectivity index (χ2n) is 6.60. The molecule has 0 aliphatic rings. The van der Waals surface area contributed by atoms with Crippen molar-refractivity contribution in [1.82, 2.24) is 15.0 Å². The summed E-state index contributed by atoms with van der Waals surface area (Å²) < 4.78 is 0. The number of para-hydroxylation sites is 1. The first-order chi connectivity index (χ1) is 14.1. The number of hydrogen-bond donors (Lipinski definition) is 1. The van der Waals surface area contributed by atoms with Crippen molar-refractivity contribution in [3.05, 3.63) is 112 Å². The monoisotopic (exact) mass is 420 g/mol. The van der Waals surface area contributed by atoms with Gasteiger partial charge in [-0.2, -0.15) is 9.97 Å². The highest BCUT2D eigenvalue weighted by Gasteiger charge is 2.10. The smallest absolute Gasteiger partial charge is 0.230 e. The molecule has 0 spiro atoms. The molecule has 1 aromatic heterocycles. The molecule has 1 heterocycles. The summed E-state index contributed by atoms with van der Waals surface area (Å²) in [5.41, 5.74) is 3.01. The normalized spacial score (nSPS) is 10.7. The van der Waals surface area contributed by atoms with E-state index in [0.717, 1.165) is 16.8 Å². The van der Waals surface area contributed by atoms with E-state index in [4.69, 9.17) is 23.2 Å². The van der Waals surface area contributed by atoms with Gasteiger partial charge in [0, 0.05) is 28.6 Å². The number of halogens is 2. The zero-order valence-corrected chi connectivity index (χ0v) is 17.0. The Morgan fingerprint density at radius 1 is 0.621 bits per heavy atom.